The van der Waals surface area contributed by atoms with Crippen LogP contribution < -0.4 is 33.6 Å². The highest BCUT2D eigenvalue weighted by atomic mass is 35.7. The molecule has 0 N–H and O–H groups in total. The molecule has 54 heavy (non-hydrogen) atoms. The van der Waals surface area contributed by atoms with E-state index in [1.807, 2.05) is 60.7 Å². The topological polar surface area (TPSA) is 91.4 Å². The molecule has 8 nitrogen and oxygen atoms in total. The van der Waals surface area contributed by atoms with Gasteiger partial charge in [-0.1, -0.05) is 60.7 Å². The van der Waals surface area contributed by atoms with Crippen molar-refractivity contribution in [1.29, 1.82) is 0 Å². The summed E-state index contributed by atoms with van der Waals surface area (Å²) in [5.74, 6) is 0. The standard InChI is InChI=1S/C45H59ClN4O4/c1-9-47(10-2)40-27-19-36(20-28-40)44(37-21-29-41(30-22-37)48(11-3)12-4)18-17-35-45(54-46(51,52)53,38-23-31-42(32-24-38)49(13-5)14-6)39-25-33-43(34-26-39)50(15-7)16-8/h17-35H,9-16H2,1-8H3/b35-17+. The second-order valence-electron chi connectivity index (χ2n) is 13.0. The largest absolute Gasteiger partial charge is 0.372 e. The maximum atomic E-state index is 12.7. The summed E-state index contributed by atoms with van der Waals surface area (Å²) in [7, 11) is -4.86. The molecule has 0 saturated carbocycles. The molecule has 0 aliphatic carbocycles. The minimum absolute atomic E-state index is 0.513. The van der Waals surface area contributed by atoms with Crippen LogP contribution in [0.1, 0.15) is 77.6 Å². The van der Waals surface area contributed by atoms with Crippen LogP contribution in [0.15, 0.2) is 115 Å². The third-order valence-electron chi connectivity index (χ3n) is 10.3. The molecule has 4 aromatic rings. The van der Waals surface area contributed by atoms with Gasteiger partial charge >= 0.3 is 0 Å². The molecular weight excluding hydrogens is 696 g/mol. The lowest BCUT2D eigenvalue weighted by Crippen LogP contribution is -2.63. The summed E-state index contributed by atoms with van der Waals surface area (Å²) in [5, 5.41) is 0. The van der Waals surface area contributed by atoms with Gasteiger partial charge < -0.3 is 19.6 Å². The summed E-state index contributed by atoms with van der Waals surface area (Å²) < 4.78 is 43.7. The van der Waals surface area contributed by atoms with Crippen molar-refractivity contribution in [1.82, 2.24) is 0 Å². The highest BCUT2D eigenvalue weighted by Gasteiger charge is 2.47. The van der Waals surface area contributed by atoms with Gasteiger partial charge in [0.2, 0.25) is 0 Å². The Bertz CT molecular complexity index is 1640. The van der Waals surface area contributed by atoms with Crippen LogP contribution >= 0.6 is 0 Å². The molecule has 0 amide bonds. The highest BCUT2D eigenvalue weighted by Crippen LogP contribution is 2.39. The second-order valence-corrected chi connectivity index (χ2v) is 13.9. The number of anilines is 4. The fraction of sp³-hybridized carbons (Fsp3) is 0.378. The first-order valence-electron chi connectivity index (χ1n) is 19.4. The van der Waals surface area contributed by atoms with E-state index in [1.54, 1.807) is 6.08 Å². The Labute approximate surface area is 326 Å². The molecule has 0 aliphatic heterocycles. The minimum Gasteiger partial charge on any atom is -0.372 e. The van der Waals surface area contributed by atoms with Gasteiger partial charge in [0.25, 0.3) is 5.60 Å². The molecule has 0 aliphatic rings. The number of hydrogen-bond acceptors (Lipinski definition) is 8. The molecule has 0 atom stereocenters. The molecule has 0 unspecified atom stereocenters. The molecule has 4 rings (SSSR count). The Morgan fingerprint density at radius 2 is 0.759 bits per heavy atom. The van der Waals surface area contributed by atoms with Gasteiger partial charge in [-0.05, 0) is 127 Å². The monoisotopic (exact) mass is 754 g/mol. The van der Waals surface area contributed by atoms with Crippen LogP contribution in [0.5, 0.6) is 0 Å². The SMILES string of the molecule is CCN(CC)c1ccc(C(=C/C=C/C(O[Cl+3]([O-])([O-])[O-])(c2ccc(N(CC)CC)cc2)c2ccc(N(CC)CC)cc2)c2ccc(N(CC)CC)cc2)cc1. The van der Waals surface area contributed by atoms with Crippen molar-refractivity contribution in [2.75, 3.05) is 72.0 Å². The average Bonchev–Trinajstić information content (AvgIpc) is 3.19. The summed E-state index contributed by atoms with van der Waals surface area (Å²) in [6.45, 7) is 23.8. The zero-order valence-electron chi connectivity index (χ0n) is 33.4. The lowest BCUT2D eigenvalue weighted by Gasteiger charge is -2.30. The highest BCUT2D eigenvalue weighted by molar-refractivity contribution is 5.82. The van der Waals surface area contributed by atoms with Crippen molar-refractivity contribution < 1.29 is 28.5 Å². The number of nitrogens with zero attached hydrogens (tertiary/aromatic N) is 4. The summed E-state index contributed by atoms with van der Waals surface area (Å²) >= 11 is 0. The van der Waals surface area contributed by atoms with Gasteiger partial charge in [-0.15, -0.1) is 0 Å². The molecule has 9 heteroatoms. The lowest BCUT2D eigenvalue weighted by molar-refractivity contribution is -1.92. The molecule has 0 bridgehead atoms. The first kappa shape index (κ1) is 42.4. The van der Waals surface area contributed by atoms with Crippen molar-refractivity contribution in [3.63, 3.8) is 0 Å². The molecule has 0 fully saturated rings. The van der Waals surface area contributed by atoms with E-state index in [9.17, 15) is 14.0 Å². The van der Waals surface area contributed by atoms with E-state index < -0.39 is 15.8 Å². The fourth-order valence-corrected chi connectivity index (χ4v) is 7.69. The van der Waals surface area contributed by atoms with Crippen LogP contribution in [0.25, 0.3) is 5.57 Å². The van der Waals surface area contributed by atoms with Gasteiger partial charge in [-0.2, -0.15) is 14.0 Å². The fourth-order valence-electron chi connectivity index (χ4n) is 7.16. The van der Waals surface area contributed by atoms with Gasteiger partial charge in [-0.25, -0.2) is 0 Å². The first-order chi connectivity index (χ1) is 26.0. The quantitative estimate of drug-likeness (QED) is 0.0900. The zero-order valence-corrected chi connectivity index (χ0v) is 34.2. The summed E-state index contributed by atoms with van der Waals surface area (Å²) in [6, 6.07) is 32.2. The van der Waals surface area contributed by atoms with Crippen molar-refractivity contribution >= 4 is 28.3 Å². The van der Waals surface area contributed by atoms with E-state index >= 15 is 0 Å². The Morgan fingerprint density at radius 3 is 1.02 bits per heavy atom. The molecule has 0 aromatic heterocycles. The molecule has 4 aromatic carbocycles. The molecule has 290 valence electrons. The number of allylic oxidation sites excluding steroid dienone is 2. The lowest BCUT2D eigenvalue weighted by atomic mass is 9.85. The van der Waals surface area contributed by atoms with Crippen LogP contribution in [0.4, 0.5) is 22.7 Å². The van der Waals surface area contributed by atoms with E-state index in [0.29, 0.717) is 11.1 Å². The van der Waals surface area contributed by atoms with Crippen LogP contribution in [-0.2, 0) is 9.89 Å². The smallest absolute Gasteiger partial charge is 0.292 e. The van der Waals surface area contributed by atoms with Crippen LogP contribution in [0, 0.1) is 10.2 Å². The van der Waals surface area contributed by atoms with E-state index in [2.05, 4.69) is 124 Å². The molecule has 0 saturated heterocycles. The maximum absolute atomic E-state index is 12.7. The molecule has 0 spiro atoms. The van der Waals surface area contributed by atoms with Crippen LogP contribution in [0.3, 0.4) is 0 Å². The van der Waals surface area contributed by atoms with Crippen molar-refractivity contribution in [3.8, 4) is 0 Å². The van der Waals surface area contributed by atoms with E-state index in [-0.39, 0.29) is 0 Å². The Kier molecular flexibility index (Phi) is 15.6. The van der Waals surface area contributed by atoms with Gasteiger partial charge in [0.05, 0.1) is 14.5 Å². The van der Waals surface area contributed by atoms with E-state index in [4.69, 9.17) is 4.29 Å². The first-order valence-corrected chi connectivity index (χ1v) is 20.7. The number of rotatable bonds is 20. The molecule has 0 radical (unpaired) electrons. The van der Waals surface area contributed by atoms with Crippen molar-refractivity contribution in [2.45, 2.75) is 61.0 Å². The maximum Gasteiger partial charge on any atom is 0.292 e. The van der Waals surface area contributed by atoms with E-state index in [0.717, 1.165) is 91.8 Å². The van der Waals surface area contributed by atoms with Gasteiger partial charge in [-0.3, -0.25) is 0 Å². The predicted molar refractivity (Wildman–Crippen MR) is 218 cm³/mol. The number of hydrogen-bond donors (Lipinski definition) is 0. The van der Waals surface area contributed by atoms with Gasteiger partial charge in [0, 0.05) is 86.2 Å². The van der Waals surface area contributed by atoms with Gasteiger partial charge in [0.1, 0.15) is 0 Å². The summed E-state index contributed by atoms with van der Waals surface area (Å²) in [5.41, 5.74) is 6.47. The van der Waals surface area contributed by atoms with Gasteiger partial charge in [0.15, 0.2) is 0 Å². The number of halogens is 1. The summed E-state index contributed by atoms with van der Waals surface area (Å²) in [4.78, 5) is 9.01. The van der Waals surface area contributed by atoms with E-state index in [1.165, 1.54) is 0 Å². The molecule has 0 heterocycles. The normalized spacial score (nSPS) is 11.8. The van der Waals surface area contributed by atoms with Crippen LogP contribution in [0.2, 0.25) is 0 Å². The Morgan fingerprint density at radius 1 is 0.481 bits per heavy atom. The zero-order chi connectivity index (χ0) is 39.3. The minimum atomic E-state index is -4.86. The Balaban J connectivity index is 1.95. The molecular formula is C45H59ClN4O4. The Hall–Kier alpha value is -4.31. The van der Waals surface area contributed by atoms with Crippen molar-refractivity contribution in [3.05, 3.63) is 138 Å². The predicted octanol–water partition coefficient (Wildman–Crippen LogP) is 6.92. The van der Waals surface area contributed by atoms with Crippen molar-refractivity contribution in [2.24, 2.45) is 0 Å². The average molecular weight is 755 g/mol. The summed E-state index contributed by atoms with van der Waals surface area (Å²) in [6.07, 6.45) is 5.46. The number of benzene rings is 4. The third kappa shape index (κ3) is 10.3. The van der Waals surface area contributed by atoms with Crippen LogP contribution in [-0.4, -0.2) is 52.4 Å². The second kappa shape index (κ2) is 19.9. The third-order valence-corrected chi connectivity index (χ3v) is 10.7.